The normalized spacial score (nSPS) is 10.0. The van der Waals surface area contributed by atoms with Crippen molar-refractivity contribution in [3.8, 4) is 0 Å². The van der Waals surface area contributed by atoms with Gasteiger partial charge in [-0.25, -0.2) is 4.79 Å². The van der Waals surface area contributed by atoms with Gasteiger partial charge in [-0.3, -0.25) is 5.32 Å². The van der Waals surface area contributed by atoms with E-state index in [4.69, 9.17) is 5.11 Å². The predicted octanol–water partition coefficient (Wildman–Crippen LogP) is 0.555. The number of hydrogen-bond acceptors (Lipinski definition) is 4. The molecule has 82 valence electrons. The van der Waals surface area contributed by atoms with E-state index >= 15 is 0 Å². The van der Waals surface area contributed by atoms with E-state index in [9.17, 15) is 4.79 Å². The molecule has 0 spiro atoms. The van der Waals surface area contributed by atoms with E-state index in [-0.39, 0.29) is 12.7 Å². The third-order valence-electron chi connectivity index (χ3n) is 2.08. The first-order valence-electron chi connectivity index (χ1n) is 4.76. The zero-order chi connectivity index (χ0) is 11.1. The Hall–Kier alpha value is -1.39. The van der Waals surface area contributed by atoms with Crippen LogP contribution in [0.15, 0.2) is 24.3 Å². The van der Waals surface area contributed by atoms with Crippen LogP contribution in [0.25, 0.3) is 0 Å². The predicted molar refractivity (Wildman–Crippen MR) is 56.6 cm³/mol. The molecule has 4 nitrogen and oxygen atoms in total. The van der Waals surface area contributed by atoms with Crippen molar-refractivity contribution in [2.45, 2.75) is 6.42 Å². The molecule has 4 heteroatoms. The number of aliphatic hydroxyl groups excluding tert-OH is 1. The molecule has 0 atom stereocenters. The molecule has 15 heavy (non-hydrogen) atoms. The number of carbonyl (C=O) groups excluding carboxylic acids is 1. The van der Waals surface area contributed by atoms with Gasteiger partial charge in [-0.2, -0.15) is 0 Å². The highest BCUT2D eigenvalue weighted by molar-refractivity contribution is 5.89. The second-order valence-corrected chi connectivity index (χ2v) is 3.10. The highest BCUT2D eigenvalue weighted by atomic mass is 16.5. The van der Waals surface area contributed by atoms with Crippen LogP contribution in [-0.2, 0) is 11.2 Å². The summed E-state index contributed by atoms with van der Waals surface area (Å²) in [5.74, 6) is -0.324. The maximum Gasteiger partial charge on any atom is 0.337 e. The Labute approximate surface area is 88.9 Å². The zero-order valence-corrected chi connectivity index (χ0v) is 8.69. The minimum Gasteiger partial charge on any atom is -0.465 e. The van der Waals surface area contributed by atoms with Gasteiger partial charge in [0.2, 0.25) is 0 Å². The largest absolute Gasteiger partial charge is 0.465 e. The van der Waals surface area contributed by atoms with Crippen LogP contribution in [-0.4, -0.2) is 31.5 Å². The molecule has 0 aromatic heterocycles. The van der Waals surface area contributed by atoms with Crippen LogP contribution >= 0.6 is 0 Å². The lowest BCUT2D eigenvalue weighted by atomic mass is 10.1. The first-order chi connectivity index (χ1) is 7.27. The average Bonchev–Trinajstić information content (AvgIpc) is 2.29. The molecular formula is C11H15NO3. The molecule has 1 aromatic rings. The summed E-state index contributed by atoms with van der Waals surface area (Å²) in [6.07, 6.45) is 0.821. The SMILES string of the molecule is COC(=O)c1ccc(CCNCO)cc1. The lowest BCUT2D eigenvalue weighted by Crippen LogP contribution is -2.17. The highest BCUT2D eigenvalue weighted by Gasteiger charge is 2.03. The van der Waals surface area contributed by atoms with E-state index in [1.54, 1.807) is 12.1 Å². The lowest BCUT2D eigenvalue weighted by molar-refractivity contribution is 0.0600. The molecule has 0 aliphatic carbocycles. The molecule has 0 unspecified atom stereocenters. The fraction of sp³-hybridized carbons (Fsp3) is 0.364. The van der Waals surface area contributed by atoms with Crippen LogP contribution in [0.3, 0.4) is 0 Å². The van der Waals surface area contributed by atoms with Crippen molar-refractivity contribution in [3.05, 3.63) is 35.4 Å². The number of rotatable bonds is 5. The van der Waals surface area contributed by atoms with Crippen LogP contribution in [0.1, 0.15) is 15.9 Å². The molecule has 0 aliphatic heterocycles. The van der Waals surface area contributed by atoms with Gasteiger partial charge < -0.3 is 9.84 Å². The Bertz CT molecular complexity index is 308. The van der Waals surface area contributed by atoms with Gasteiger partial charge in [0.15, 0.2) is 0 Å². The summed E-state index contributed by atoms with van der Waals surface area (Å²) < 4.78 is 4.59. The first-order valence-corrected chi connectivity index (χ1v) is 4.76. The molecular weight excluding hydrogens is 194 g/mol. The van der Waals surface area contributed by atoms with Gasteiger partial charge in [0.1, 0.15) is 0 Å². The van der Waals surface area contributed by atoms with Gasteiger partial charge in [0.25, 0.3) is 0 Å². The number of esters is 1. The minimum atomic E-state index is -0.324. The highest BCUT2D eigenvalue weighted by Crippen LogP contribution is 2.05. The van der Waals surface area contributed by atoms with Crippen molar-refractivity contribution in [1.82, 2.24) is 5.32 Å². The Balaban J connectivity index is 2.52. The molecule has 1 rings (SSSR count). The number of nitrogens with one attached hydrogen (secondary N) is 1. The zero-order valence-electron chi connectivity index (χ0n) is 8.69. The molecule has 0 saturated heterocycles. The van der Waals surface area contributed by atoms with E-state index < -0.39 is 0 Å². The fourth-order valence-corrected chi connectivity index (χ4v) is 1.24. The summed E-state index contributed by atoms with van der Waals surface area (Å²) in [4.78, 5) is 11.1. The monoisotopic (exact) mass is 209 g/mol. The van der Waals surface area contributed by atoms with Crippen molar-refractivity contribution in [2.75, 3.05) is 20.4 Å². The van der Waals surface area contributed by atoms with Gasteiger partial charge in [-0.1, -0.05) is 12.1 Å². The van der Waals surface area contributed by atoms with Gasteiger partial charge in [-0.15, -0.1) is 0 Å². The van der Waals surface area contributed by atoms with E-state index in [2.05, 4.69) is 10.1 Å². The first kappa shape index (κ1) is 11.7. The minimum absolute atomic E-state index is 0.0136. The van der Waals surface area contributed by atoms with Crippen LogP contribution in [0.5, 0.6) is 0 Å². The molecule has 0 radical (unpaired) electrons. The van der Waals surface area contributed by atoms with Crippen molar-refractivity contribution in [1.29, 1.82) is 0 Å². The summed E-state index contributed by atoms with van der Waals surface area (Å²) in [7, 11) is 1.36. The molecule has 0 heterocycles. The van der Waals surface area contributed by atoms with Crippen LogP contribution in [0.4, 0.5) is 0 Å². The standard InChI is InChI=1S/C11H15NO3/c1-15-11(14)10-4-2-9(3-5-10)6-7-12-8-13/h2-5,12-13H,6-8H2,1H3. The van der Waals surface area contributed by atoms with Crippen molar-refractivity contribution in [3.63, 3.8) is 0 Å². The summed E-state index contributed by atoms with van der Waals surface area (Å²) >= 11 is 0. The number of hydrogen-bond donors (Lipinski definition) is 2. The number of aliphatic hydroxyl groups is 1. The van der Waals surface area contributed by atoms with Crippen LogP contribution in [0.2, 0.25) is 0 Å². The molecule has 0 fully saturated rings. The molecule has 1 aromatic carbocycles. The van der Waals surface area contributed by atoms with Gasteiger partial charge in [-0.05, 0) is 24.1 Å². The number of ether oxygens (including phenoxy) is 1. The number of benzene rings is 1. The average molecular weight is 209 g/mol. The molecule has 0 amide bonds. The van der Waals surface area contributed by atoms with E-state index in [1.165, 1.54) is 7.11 Å². The van der Waals surface area contributed by atoms with Crippen molar-refractivity contribution >= 4 is 5.97 Å². The van der Waals surface area contributed by atoms with E-state index in [0.29, 0.717) is 12.1 Å². The second-order valence-electron chi connectivity index (χ2n) is 3.10. The van der Waals surface area contributed by atoms with Gasteiger partial charge in [0.05, 0.1) is 19.4 Å². The smallest absolute Gasteiger partial charge is 0.337 e. The Morgan fingerprint density at radius 2 is 2.07 bits per heavy atom. The van der Waals surface area contributed by atoms with Crippen LogP contribution < -0.4 is 5.32 Å². The molecule has 0 bridgehead atoms. The Kier molecular flexibility index (Phi) is 4.80. The maximum absolute atomic E-state index is 11.1. The summed E-state index contributed by atoms with van der Waals surface area (Å²) in [6, 6.07) is 7.23. The van der Waals surface area contributed by atoms with Gasteiger partial charge >= 0.3 is 5.97 Å². The summed E-state index contributed by atoms with van der Waals surface area (Å²) in [5, 5.41) is 11.3. The van der Waals surface area contributed by atoms with E-state index in [0.717, 1.165) is 12.0 Å². The summed E-state index contributed by atoms with van der Waals surface area (Å²) in [6.45, 7) is 0.703. The van der Waals surface area contributed by atoms with E-state index in [1.807, 2.05) is 12.1 Å². The molecule has 0 aliphatic rings. The Morgan fingerprint density at radius 1 is 1.40 bits per heavy atom. The topological polar surface area (TPSA) is 58.6 Å². The second kappa shape index (κ2) is 6.16. The third-order valence-corrected chi connectivity index (χ3v) is 2.08. The molecule has 2 N–H and O–H groups in total. The van der Waals surface area contributed by atoms with Gasteiger partial charge in [0, 0.05) is 6.54 Å². The van der Waals surface area contributed by atoms with Crippen molar-refractivity contribution < 1.29 is 14.6 Å². The number of methoxy groups -OCH3 is 1. The lowest BCUT2D eigenvalue weighted by Gasteiger charge is -2.03. The third kappa shape index (κ3) is 3.69. The molecule has 0 saturated carbocycles. The fourth-order valence-electron chi connectivity index (χ4n) is 1.24. The number of carbonyl (C=O) groups is 1. The summed E-state index contributed by atoms with van der Waals surface area (Å²) in [5.41, 5.74) is 1.67. The van der Waals surface area contributed by atoms with Crippen LogP contribution in [0, 0.1) is 0 Å². The van der Waals surface area contributed by atoms with Crippen molar-refractivity contribution in [2.24, 2.45) is 0 Å². The quantitative estimate of drug-likeness (QED) is 0.422. The maximum atomic E-state index is 11.1. The Morgan fingerprint density at radius 3 is 2.60 bits per heavy atom.